The minimum atomic E-state index is -1.14. The molecule has 0 bridgehead atoms. The first-order valence-electron chi connectivity index (χ1n) is 10.8. The third-order valence-electron chi connectivity index (χ3n) is 5.58. The van der Waals surface area contributed by atoms with E-state index in [0.717, 1.165) is 27.2 Å². The summed E-state index contributed by atoms with van der Waals surface area (Å²) in [6, 6.07) is 15.1. The summed E-state index contributed by atoms with van der Waals surface area (Å²) < 4.78 is 5.54. The smallest absolute Gasteiger partial charge is 0.407 e. The Labute approximate surface area is 193 Å². The van der Waals surface area contributed by atoms with Crippen molar-refractivity contribution in [1.82, 2.24) is 10.2 Å². The molecule has 2 amide bonds. The van der Waals surface area contributed by atoms with Gasteiger partial charge in [0, 0.05) is 12.5 Å². The fourth-order valence-corrected chi connectivity index (χ4v) is 4.10. The summed E-state index contributed by atoms with van der Waals surface area (Å²) in [7, 11) is 0. The number of fused-ring (bicyclic) bond motifs is 3. The normalized spacial score (nSPS) is 12.7. The Morgan fingerprint density at radius 3 is 2.18 bits per heavy atom. The Balaban J connectivity index is 1.69. The van der Waals surface area contributed by atoms with Gasteiger partial charge in [0.2, 0.25) is 5.91 Å². The molecule has 7 heteroatoms. The molecule has 7 nitrogen and oxygen atoms in total. The van der Waals surface area contributed by atoms with Crippen LogP contribution in [0.25, 0.3) is 11.1 Å². The number of hydrogen-bond acceptors (Lipinski definition) is 4. The van der Waals surface area contributed by atoms with Crippen molar-refractivity contribution >= 4 is 18.0 Å². The Morgan fingerprint density at radius 1 is 1.03 bits per heavy atom. The largest absolute Gasteiger partial charge is 0.480 e. The zero-order valence-corrected chi connectivity index (χ0v) is 18.4. The van der Waals surface area contributed by atoms with Crippen molar-refractivity contribution < 1.29 is 24.2 Å². The van der Waals surface area contributed by atoms with Crippen LogP contribution in [0.5, 0.6) is 0 Å². The Morgan fingerprint density at radius 2 is 1.64 bits per heavy atom. The lowest BCUT2D eigenvalue weighted by atomic mass is 9.98. The molecule has 0 saturated carbocycles. The van der Waals surface area contributed by atoms with Crippen molar-refractivity contribution in [3.8, 4) is 11.1 Å². The van der Waals surface area contributed by atoms with Crippen molar-refractivity contribution in [2.24, 2.45) is 0 Å². The Kier molecular flexibility index (Phi) is 8.02. The molecule has 0 aliphatic heterocycles. The molecule has 0 spiro atoms. The van der Waals surface area contributed by atoms with Crippen molar-refractivity contribution in [3.05, 3.63) is 85.0 Å². The van der Waals surface area contributed by atoms with Crippen molar-refractivity contribution in [3.63, 3.8) is 0 Å². The molecular formula is C26H28N2O5. The van der Waals surface area contributed by atoms with Crippen molar-refractivity contribution in [2.45, 2.75) is 24.8 Å². The number of hydrogen-bond donors (Lipinski definition) is 2. The number of carbonyl (C=O) groups is 3. The van der Waals surface area contributed by atoms with Gasteiger partial charge in [-0.05, 0) is 35.1 Å². The van der Waals surface area contributed by atoms with Gasteiger partial charge in [-0.2, -0.15) is 0 Å². The highest BCUT2D eigenvalue weighted by atomic mass is 16.5. The van der Waals surface area contributed by atoms with Crippen molar-refractivity contribution in [2.75, 3.05) is 19.7 Å². The second-order valence-electron chi connectivity index (χ2n) is 7.79. The maximum Gasteiger partial charge on any atom is 0.407 e. The van der Waals surface area contributed by atoms with Gasteiger partial charge in [-0.15, -0.1) is 13.2 Å². The minimum absolute atomic E-state index is 0.0576. The van der Waals surface area contributed by atoms with Crippen LogP contribution < -0.4 is 5.32 Å². The Hall–Kier alpha value is -3.87. The van der Waals surface area contributed by atoms with Crippen molar-refractivity contribution in [1.29, 1.82) is 0 Å². The number of aliphatic carboxylic acids is 1. The van der Waals surface area contributed by atoms with Gasteiger partial charge in [0.25, 0.3) is 0 Å². The summed E-state index contributed by atoms with van der Waals surface area (Å²) in [6.45, 7) is 6.91. The monoisotopic (exact) mass is 448 g/mol. The number of benzene rings is 2. The summed E-state index contributed by atoms with van der Waals surface area (Å²) in [6.07, 6.45) is 3.09. The number of nitrogens with zero attached hydrogens (tertiary/aromatic N) is 1. The summed E-state index contributed by atoms with van der Waals surface area (Å²) in [5.74, 6) is -1.75. The molecule has 2 N–H and O–H groups in total. The van der Waals surface area contributed by atoms with E-state index < -0.39 is 30.6 Å². The summed E-state index contributed by atoms with van der Waals surface area (Å²) >= 11 is 0. The van der Waals surface area contributed by atoms with E-state index in [2.05, 4.69) is 30.6 Å². The van der Waals surface area contributed by atoms with E-state index in [4.69, 9.17) is 9.84 Å². The number of carboxylic acid groups (broad SMARTS) is 1. The van der Waals surface area contributed by atoms with Gasteiger partial charge in [-0.1, -0.05) is 60.7 Å². The highest BCUT2D eigenvalue weighted by Gasteiger charge is 2.30. The molecule has 0 fully saturated rings. The van der Waals surface area contributed by atoms with Crippen LogP contribution in [0.1, 0.15) is 29.9 Å². The fraction of sp³-hybridized carbons (Fsp3) is 0.269. The number of carboxylic acids is 1. The SMILES string of the molecule is C=CCCC(NC(=O)OCC1c2ccccc2-c2ccccc21)C(=O)N(CC=C)CC(=O)O. The topological polar surface area (TPSA) is 95.9 Å². The molecule has 1 unspecified atom stereocenters. The third kappa shape index (κ3) is 5.68. The maximum atomic E-state index is 12.9. The molecule has 0 radical (unpaired) electrons. The average molecular weight is 449 g/mol. The van der Waals surface area contributed by atoms with Crippen LogP contribution in [0.2, 0.25) is 0 Å². The van der Waals surface area contributed by atoms with Gasteiger partial charge in [-0.25, -0.2) is 4.79 Å². The number of allylic oxidation sites excluding steroid dienone is 1. The van der Waals surface area contributed by atoms with Crippen LogP contribution in [0.15, 0.2) is 73.8 Å². The van der Waals surface area contributed by atoms with Crippen LogP contribution in [-0.2, 0) is 14.3 Å². The molecule has 3 rings (SSSR count). The number of amides is 2. The maximum absolute atomic E-state index is 12.9. The molecule has 1 atom stereocenters. The standard InChI is InChI=1S/C26H28N2O5/c1-3-5-14-23(25(31)28(15-4-2)16-24(29)30)27-26(32)33-17-22-20-12-8-6-10-18(20)19-11-7-9-13-21(19)22/h3-4,6-13,22-23H,1-2,5,14-17H2,(H,27,32)(H,29,30). The number of ether oxygens (including phenoxy) is 1. The zero-order chi connectivity index (χ0) is 23.8. The van der Waals surface area contributed by atoms with Crippen LogP contribution in [0.4, 0.5) is 4.79 Å². The fourth-order valence-electron chi connectivity index (χ4n) is 4.10. The highest BCUT2D eigenvalue weighted by molar-refractivity contribution is 5.88. The summed E-state index contributed by atoms with van der Waals surface area (Å²) in [5.41, 5.74) is 4.42. The molecule has 0 saturated heterocycles. The third-order valence-corrected chi connectivity index (χ3v) is 5.58. The Bertz CT molecular complexity index is 1000. The van der Waals surface area contributed by atoms with Crippen LogP contribution in [0.3, 0.4) is 0 Å². The molecule has 2 aromatic carbocycles. The van der Waals surface area contributed by atoms with E-state index in [0.29, 0.717) is 6.42 Å². The van der Waals surface area contributed by atoms with Crippen LogP contribution >= 0.6 is 0 Å². The highest BCUT2D eigenvalue weighted by Crippen LogP contribution is 2.44. The lowest BCUT2D eigenvalue weighted by Crippen LogP contribution is -2.50. The molecule has 2 aromatic rings. The lowest BCUT2D eigenvalue weighted by Gasteiger charge is -2.25. The van der Waals surface area contributed by atoms with Gasteiger partial charge in [0.05, 0.1) is 0 Å². The van der Waals surface area contributed by atoms with E-state index in [-0.39, 0.29) is 25.5 Å². The first kappa shape index (κ1) is 23.8. The second kappa shape index (κ2) is 11.1. The number of rotatable bonds is 11. The molecule has 1 aliphatic carbocycles. The molecule has 0 heterocycles. The predicted octanol–water partition coefficient (Wildman–Crippen LogP) is 3.96. The average Bonchev–Trinajstić information content (AvgIpc) is 3.13. The molecule has 1 aliphatic rings. The van der Waals surface area contributed by atoms with E-state index in [1.807, 2.05) is 36.4 Å². The van der Waals surface area contributed by atoms with E-state index in [1.54, 1.807) is 6.08 Å². The number of nitrogens with one attached hydrogen (secondary N) is 1. The van der Waals surface area contributed by atoms with Gasteiger partial charge >= 0.3 is 12.1 Å². The second-order valence-corrected chi connectivity index (χ2v) is 7.79. The first-order valence-corrected chi connectivity index (χ1v) is 10.8. The number of carbonyl (C=O) groups excluding carboxylic acids is 2. The van der Waals surface area contributed by atoms with Gasteiger partial charge < -0.3 is 20.1 Å². The van der Waals surface area contributed by atoms with Gasteiger partial charge in [0.1, 0.15) is 19.2 Å². The molecular weight excluding hydrogens is 420 g/mol. The number of alkyl carbamates (subject to hydrolysis) is 1. The zero-order valence-electron chi connectivity index (χ0n) is 18.4. The summed E-state index contributed by atoms with van der Waals surface area (Å²) in [5, 5.41) is 11.7. The van der Waals surface area contributed by atoms with Crippen LogP contribution in [-0.4, -0.2) is 53.7 Å². The van der Waals surface area contributed by atoms with E-state index >= 15 is 0 Å². The predicted molar refractivity (Wildman–Crippen MR) is 126 cm³/mol. The first-order chi connectivity index (χ1) is 16.0. The van der Waals surface area contributed by atoms with E-state index in [1.165, 1.54) is 6.08 Å². The van der Waals surface area contributed by atoms with E-state index in [9.17, 15) is 14.4 Å². The van der Waals surface area contributed by atoms with Crippen LogP contribution in [0, 0.1) is 0 Å². The van der Waals surface area contributed by atoms with Gasteiger partial charge in [-0.3, -0.25) is 9.59 Å². The molecule has 172 valence electrons. The summed E-state index contributed by atoms with van der Waals surface area (Å²) in [4.78, 5) is 37.8. The van der Waals surface area contributed by atoms with Gasteiger partial charge in [0.15, 0.2) is 0 Å². The molecule has 0 aromatic heterocycles. The minimum Gasteiger partial charge on any atom is -0.480 e. The lowest BCUT2D eigenvalue weighted by molar-refractivity contribution is -0.144. The quantitative estimate of drug-likeness (QED) is 0.508. The molecule has 33 heavy (non-hydrogen) atoms.